The molecule has 2 nitrogen and oxygen atoms in total. The van der Waals surface area contributed by atoms with Crippen molar-refractivity contribution in [2.45, 2.75) is 13.3 Å². The molecule has 1 aromatic heterocycles. The van der Waals surface area contributed by atoms with Gasteiger partial charge in [0.15, 0.2) is 5.13 Å². The number of nitrogens with two attached hydrogens (primary N) is 1. The molecule has 0 radical (unpaired) electrons. The van der Waals surface area contributed by atoms with Gasteiger partial charge in [-0.15, -0.1) is 22.9 Å². The van der Waals surface area contributed by atoms with Gasteiger partial charge in [-0.2, -0.15) is 0 Å². The second-order valence-electron chi connectivity index (χ2n) is 2.00. The zero-order valence-electron chi connectivity index (χ0n) is 5.72. The van der Waals surface area contributed by atoms with Gasteiger partial charge in [-0.25, -0.2) is 4.98 Å². The highest BCUT2D eigenvalue weighted by Gasteiger charge is 2.02. The fraction of sp³-hybridized carbons (Fsp3) is 0.500. The Bertz CT molecular complexity index is 222. The average Bonchev–Trinajstić information content (AvgIpc) is 2.13. The van der Waals surface area contributed by atoms with E-state index in [0.717, 1.165) is 12.1 Å². The number of aryl methyl sites for hydroxylation is 2. The fourth-order valence-corrected chi connectivity index (χ4v) is 1.90. The maximum Gasteiger partial charge on any atom is 0.180 e. The molecule has 0 fully saturated rings. The second-order valence-corrected chi connectivity index (χ2v) is 3.49. The van der Waals surface area contributed by atoms with Crippen molar-refractivity contribution >= 4 is 28.1 Å². The van der Waals surface area contributed by atoms with Crippen molar-refractivity contribution in [3.05, 3.63) is 10.6 Å². The molecule has 0 atom stereocenters. The number of alkyl halides is 1. The molecule has 1 aromatic rings. The minimum atomic E-state index is 0.637. The molecule has 10 heavy (non-hydrogen) atoms. The molecule has 1 heterocycles. The van der Waals surface area contributed by atoms with Crippen molar-refractivity contribution < 1.29 is 0 Å². The number of hydrogen-bond acceptors (Lipinski definition) is 3. The van der Waals surface area contributed by atoms with Crippen LogP contribution in [0.3, 0.4) is 0 Å². The van der Waals surface area contributed by atoms with Gasteiger partial charge in [0.05, 0.1) is 5.69 Å². The summed E-state index contributed by atoms with van der Waals surface area (Å²) in [5.74, 6) is 0.641. The minimum Gasteiger partial charge on any atom is -0.375 e. The third-order valence-electron chi connectivity index (χ3n) is 1.23. The highest BCUT2D eigenvalue weighted by molar-refractivity contribution is 7.15. The van der Waals surface area contributed by atoms with Crippen LogP contribution in [0, 0.1) is 6.92 Å². The number of nitrogens with zero attached hydrogens (tertiary/aromatic N) is 1. The summed E-state index contributed by atoms with van der Waals surface area (Å²) in [6.07, 6.45) is 0.877. The van der Waals surface area contributed by atoms with Crippen LogP contribution in [-0.4, -0.2) is 10.9 Å². The first-order valence-corrected chi connectivity index (χ1v) is 4.37. The van der Waals surface area contributed by atoms with Crippen molar-refractivity contribution in [1.82, 2.24) is 4.98 Å². The van der Waals surface area contributed by atoms with Crippen LogP contribution in [-0.2, 0) is 6.42 Å². The van der Waals surface area contributed by atoms with Gasteiger partial charge in [0, 0.05) is 10.8 Å². The Morgan fingerprint density at radius 3 is 2.80 bits per heavy atom. The second kappa shape index (κ2) is 3.21. The molecule has 0 aromatic carbocycles. The maximum atomic E-state index is 5.56. The summed E-state index contributed by atoms with van der Waals surface area (Å²) in [7, 11) is 0. The average molecular weight is 177 g/mol. The number of anilines is 1. The van der Waals surface area contributed by atoms with Crippen LogP contribution in [0.5, 0.6) is 0 Å². The smallest absolute Gasteiger partial charge is 0.180 e. The van der Waals surface area contributed by atoms with Gasteiger partial charge in [0.2, 0.25) is 0 Å². The van der Waals surface area contributed by atoms with E-state index >= 15 is 0 Å². The van der Waals surface area contributed by atoms with E-state index in [9.17, 15) is 0 Å². The van der Waals surface area contributed by atoms with E-state index in [-0.39, 0.29) is 0 Å². The van der Waals surface area contributed by atoms with E-state index in [0.29, 0.717) is 11.0 Å². The molecule has 4 heteroatoms. The number of nitrogen functional groups attached to an aromatic ring is 1. The molecule has 0 aliphatic carbocycles. The molecule has 0 saturated carbocycles. The van der Waals surface area contributed by atoms with Crippen LogP contribution in [0.4, 0.5) is 5.13 Å². The van der Waals surface area contributed by atoms with Gasteiger partial charge >= 0.3 is 0 Å². The van der Waals surface area contributed by atoms with Crippen molar-refractivity contribution in [3.8, 4) is 0 Å². The van der Waals surface area contributed by atoms with E-state index in [2.05, 4.69) is 4.98 Å². The summed E-state index contributed by atoms with van der Waals surface area (Å²) >= 11 is 7.08. The maximum absolute atomic E-state index is 5.56. The Balaban J connectivity index is 2.81. The fourth-order valence-electron chi connectivity index (χ4n) is 0.768. The van der Waals surface area contributed by atoms with Crippen LogP contribution in [0.15, 0.2) is 0 Å². The van der Waals surface area contributed by atoms with Crippen LogP contribution in [0.1, 0.15) is 10.6 Å². The Kier molecular flexibility index (Phi) is 2.51. The van der Waals surface area contributed by atoms with Crippen LogP contribution in [0.2, 0.25) is 0 Å². The Labute approximate surface area is 69.0 Å². The molecular formula is C6H9ClN2S. The van der Waals surface area contributed by atoms with Gasteiger partial charge in [0.25, 0.3) is 0 Å². The molecular weight excluding hydrogens is 168 g/mol. The van der Waals surface area contributed by atoms with Crippen LogP contribution >= 0.6 is 22.9 Å². The summed E-state index contributed by atoms with van der Waals surface area (Å²) in [5, 5.41) is 0.637. The zero-order chi connectivity index (χ0) is 7.56. The lowest BCUT2D eigenvalue weighted by molar-refractivity contribution is 1.12. The number of halogens is 1. The highest BCUT2D eigenvalue weighted by atomic mass is 35.5. The van der Waals surface area contributed by atoms with E-state index in [1.165, 1.54) is 16.2 Å². The Hall–Kier alpha value is -0.280. The molecule has 0 unspecified atom stereocenters. The number of thiazole rings is 1. The summed E-state index contributed by atoms with van der Waals surface area (Å²) in [4.78, 5) is 5.27. The molecule has 0 aliphatic rings. The van der Waals surface area contributed by atoms with Crippen LogP contribution < -0.4 is 5.73 Å². The first kappa shape index (κ1) is 7.82. The molecule has 1 rings (SSSR count). The third kappa shape index (κ3) is 1.61. The molecule has 0 saturated heterocycles. The number of aromatic nitrogens is 1. The summed E-state index contributed by atoms with van der Waals surface area (Å²) < 4.78 is 0. The molecule has 0 amide bonds. The SMILES string of the molecule is Cc1nc(N)sc1CCCl. The molecule has 56 valence electrons. The van der Waals surface area contributed by atoms with E-state index < -0.39 is 0 Å². The van der Waals surface area contributed by atoms with E-state index in [4.69, 9.17) is 17.3 Å². The van der Waals surface area contributed by atoms with Gasteiger partial charge in [-0.3, -0.25) is 0 Å². The highest BCUT2D eigenvalue weighted by Crippen LogP contribution is 2.19. The monoisotopic (exact) mass is 176 g/mol. The normalized spacial score (nSPS) is 10.2. The van der Waals surface area contributed by atoms with Crippen molar-refractivity contribution in [3.63, 3.8) is 0 Å². The van der Waals surface area contributed by atoms with Crippen molar-refractivity contribution in [2.24, 2.45) is 0 Å². The largest absolute Gasteiger partial charge is 0.375 e. The van der Waals surface area contributed by atoms with E-state index in [1.54, 1.807) is 0 Å². The number of rotatable bonds is 2. The standard InChI is InChI=1S/C6H9ClN2S/c1-4-5(2-3-7)10-6(8)9-4/h2-3H2,1H3,(H2,8,9). The Morgan fingerprint density at radius 2 is 2.40 bits per heavy atom. The summed E-state index contributed by atoms with van der Waals surface area (Å²) in [6.45, 7) is 1.95. The van der Waals surface area contributed by atoms with E-state index in [1.807, 2.05) is 6.92 Å². The Morgan fingerprint density at radius 1 is 1.70 bits per heavy atom. The zero-order valence-corrected chi connectivity index (χ0v) is 7.30. The minimum absolute atomic E-state index is 0.637. The van der Waals surface area contributed by atoms with Crippen molar-refractivity contribution in [2.75, 3.05) is 11.6 Å². The van der Waals surface area contributed by atoms with Crippen LogP contribution in [0.25, 0.3) is 0 Å². The first-order valence-electron chi connectivity index (χ1n) is 3.01. The van der Waals surface area contributed by atoms with Crippen molar-refractivity contribution in [1.29, 1.82) is 0 Å². The topological polar surface area (TPSA) is 38.9 Å². The van der Waals surface area contributed by atoms with Gasteiger partial charge in [-0.05, 0) is 13.3 Å². The first-order chi connectivity index (χ1) is 4.74. The molecule has 0 spiro atoms. The molecule has 0 aliphatic heterocycles. The molecule has 2 N–H and O–H groups in total. The summed E-state index contributed by atoms with van der Waals surface area (Å²) in [5.41, 5.74) is 6.49. The van der Waals surface area contributed by atoms with Gasteiger partial charge in [-0.1, -0.05) is 0 Å². The lowest BCUT2D eigenvalue weighted by atomic mass is 10.3. The number of hydrogen-bond donors (Lipinski definition) is 1. The summed E-state index contributed by atoms with van der Waals surface area (Å²) in [6, 6.07) is 0. The lowest BCUT2D eigenvalue weighted by Gasteiger charge is -1.89. The third-order valence-corrected chi connectivity index (χ3v) is 2.47. The predicted molar refractivity (Wildman–Crippen MR) is 45.7 cm³/mol. The lowest BCUT2D eigenvalue weighted by Crippen LogP contribution is -1.84. The predicted octanol–water partition coefficient (Wildman–Crippen LogP) is 1.82. The molecule has 0 bridgehead atoms. The quantitative estimate of drug-likeness (QED) is 0.699. The van der Waals surface area contributed by atoms with Gasteiger partial charge < -0.3 is 5.73 Å². The van der Waals surface area contributed by atoms with Gasteiger partial charge in [0.1, 0.15) is 0 Å².